The van der Waals surface area contributed by atoms with Crippen LogP contribution in [0.3, 0.4) is 0 Å². The molecule has 0 amide bonds. The van der Waals surface area contributed by atoms with E-state index in [1.165, 1.54) is 12.8 Å². The van der Waals surface area contributed by atoms with Crippen molar-refractivity contribution in [3.8, 4) is 0 Å². The van der Waals surface area contributed by atoms with E-state index in [0.717, 1.165) is 25.2 Å². The molecule has 0 aromatic rings. The molecular weight excluding hydrogens is 160 g/mol. The van der Waals surface area contributed by atoms with Crippen LogP contribution in [0, 0.1) is 0 Å². The van der Waals surface area contributed by atoms with Crippen molar-refractivity contribution < 1.29 is 0 Å². The minimum Gasteiger partial charge on any atom is -0.383 e. The van der Waals surface area contributed by atoms with E-state index in [-0.39, 0.29) is 0 Å². The summed E-state index contributed by atoms with van der Waals surface area (Å²) in [7, 11) is 0. The smallest absolute Gasteiger partial charge is 0.0285 e. The molecule has 1 fully saturated rings. The molecule has 74 valence electrons. The number of hydrogen-bond donors (Lipinski definition) is 2. The Hall–Kier alpha value is -0.760. The highest BCUT2D eigenvalue weighted by atomic mass is 15.0. The van der Waals surface area contributed by atoms with Gasteiger partial charge in [-0.3, -0.25) is 0 Å². The van der Waals surface area contributed by atoms with Crippen molar-refractivity contribution in [1.82, 2.24) is 10.6 Å². The summed E-state index contributed by atoms with van der Waals surface area (Å²) in [5, 5.41) is 6.78. The maximum atomic E-state index is 3.97. The molecule has 2 N–H and O–H groups in total. The van der Waals surface area contributed by atoms with Crippen molar-refractivity contribution >= 4 is 0 Å². The quantitative estimate of drug-likeness (QED) is 0.645. The van der Waals surface area contributed by atoms with Crippen LogP contribution < -0.4 is 10.6 Å². The monoisotopic (exact) mass is 180 g/mol. The van der Waals surface area contributed by atoms with E-state index in [0.29, 0.717) is 6.04 Å². The van der Waals surface area contributed by atoms with Gasteiger partial charge in [-0.05, 0) is 38.4 Å². The van der Waals surface area contributed by atoms with Gasteiger partial charge in [-0.15, -0.1) is 0 Å². The van der Waals surface area contributed by atoms with Gasteiger partial charge in [0.25, 0.3) is 0 Å². The fourth-order valence-electron chi connectivity index (χ4n) is 1.54. The van der Waals surface area contributed by atoms with Gasteiger partial charge in [-0.25, -0.2) is 0 Å². The first kappa shape index (κ1) is 10.3. The lowest BCUT2D eigenvalue weighted by Gasteiger charge is -2.24. The molecule has 0 aliphatic carbocycles. The molecule has 0 unspecified atom stereocenters. The minimum atomic E-state index is 0.621. The molecule has 0 radical (unpaired) electrons. The standard InChI is InChI=1S/C11H20N2/c1-3-4-5-10(2)13-11-6-8-12-9-7-11/h4-5,11-13H,2-3,6-9H2,1H3/b5-4-. The van der Waals surface area contributed by atoms with Crippen molar-refractivity contribution in [1.29, 1.82) is 0 Å². The van der Waals surface area contributed by atoms with Crippen LogP contribution in [0.1, 0.15) is 26.2 Å². The molecule has 2 heteroatoms. The Morgan fingerprint density at radius 2 is 2.23 bits per heavy atom. The highest BCUT2D eigenvalue weighted by molar-refractivity contribution is 5.13. The summed E-state index contributed by atoms with van der Waals surface area (Å²) in [6.45, 7) is 8.36. The summed E-state index contributed by atoms with van der Waals surface area (Å²) in [4.78, 5) is 0. The van der Waals surface area contributed by atoms with E-state index in [1.807, 2.05) is 0 Å². The third-order valence-electron chi connectivity index (χ3n) is 2.28. The molecule has 1 saturated heterocycles. The molecular formula is C11H20N2. The predicted molar refractivity (Wildman–Crippen MR) is 57.6 cm³/mol. The van der Waals surface area contributed by atoms with Gasteiger partial charge < -0.3 is 10.6 Å². The third-order valence-corrected chi connectivity index (χ3v) is 2.28. The summed E-state index contributed by atoms with van der Waals surface area (Å²) in [6.07, 6.45) is 7.70. The van der Waals surface area contributed by atoms with E-state index in [1.54, 1.807) is 0 Å². The van der Waals surface area contributed by atoms with Gasteiger partial charge in [0, 0.05) is 11.7 Å². The first-order chi connectivity index (χ1) is 6.33. The van der Waals surface area contributed by atoms with E-state index in [4.69, 9.17) is 0 Å². The van der Waals surface area contributed by atoms with Gasteiger partial charge in [0.2, 0.25) is 0 Å². The van der Waals surface area contributed by atoms with Gasteiger partial charge in [0.1, 0.15) is 0 Å². The molecule has 1 rings (SSSR count). The first-order valence-corrected chi connectivity index (χ1v) is 5.15. The SMILES string of the molecule is C=C(/C=C\CC)NC1CCNCC1. The summed E-state index contributed by atoms with van der Waals surface area (Å²) in [5.74, 6) is 0. The molecule has 2 nitrogen and oxygen atoms in total. The average molecular weight is 180 g/mol. The predicted octanol–water partition coefficient (Wildman–Crippen LogP) is 1.81. The molecule has 0 atom stereocenters. The number of allylic oxidation sites excluding steroid dienone is 2. The Labute approximate surface area is 81.1 Å². The summed E-state index contributed by atoms with van der Waals surface area (Å²) in [5.41, 5.74) is 1.05. The van der Waals surface area contributed by atoms with Crippen LogP contribution in [0.4, 0.5) is 0 Å². The Bertz CT molecular complexity index is 179. The lowest BCUT2D eigenvalue weighted by Crippen LogP contribution is -2.39. The topological polar surface area (TPSA) is 24.1 Å². The van der Waals surface area contributed by atoms with E-state index in [9.17, 15) is 0 Å². The highest BCUT2D eigenvalue weighted by Crippen LogP contribution is 2.04. The lowest BCUT2D eigenvalue weighted by atomic mass is 10.1. The molecule has 1 heterocycles. The Morgan fingerprint density at radius 3 is 2.85 bits per heavy atom. The van der Waals surface area contributed by atoms with Gasteiger partial charge in [-0.1, -0.05) is 19.6 Å². The summed E-state index contributed by atoms with van der Waals surface area (Å²) < 4.78 is 0. The molecule has 1 aliphatic heterocycles. The average Bonchev–Trinajstić information content (AvgIpc) is 2.16. The van der Waals surface area contributed by atoms with Crippen molar-refractivity contribution in [2.24, 2.45) is 0 Å². The zero-order valence-corrected chi connectivity index (χ0v) is 8.47. The van der Waals surface area contributed by atoms with Crippen molar-refractivity contribution in [3.05, 3.63) is 24.4 Å². The third kappa shape index (κ3) is 4.13. The fraction of sp³-hybridized carbons (Fsp3) is 0.636. The maximum Gasteiger partial charge on any atom is 0.0285 e. The largest absolute Gasteiger partial charge is 0.383 e. The number of nitrogens with one attached hydrogen (secondary N) is 2. The molecule has 0 aromatic heterocycles. The first-order valence-electron chi connectivity index (χ1n) is 5.15. The second kappa shape index (κ2) is 5.81. The number of rotatable bonds is 4. The molecule has 0 bridgehead atoms. The van der Waals surface area contributed by atoms with Crippen LogP contribution in [0.2, 0.25) is 0 Å². The molecule has 1 aliphatic rings. The van der Waals surface area contributed by atoms with Crippen LogP contribution in [0.25, 0.3) is 0 Å². The summed E-state index contributed by atoms with van der Waals surface area (Å²) in [6, 6.07) is 0.621. The van der Waals surface area contributed by atoms with E-state index in [2.05, 4.69) is 36.3 Å². The number of hydrogen-bond acceptors (Lipinski definition) is 2. The van der Waals surface area contributed by atoms with Crippen LogP contribution in [-0.2, 0) is 0 Å². The second-order valence-electron chi connectivity index (χ2n) is 3.50. The normalized spacial score (nSPS) is 19.2. The second-order valence-corrected chi connectivity index (χ2v) is 3.50. The minimum absolute atomic E-state index is 0.621. The van der Waals surface area contributed by atoms with Gasteiger partial charge in [0.05, 0.1) is 0 Å². The Morgan fingerprint density at radius 1 is 1.54 bits per heavy atom. The molecule has 0 spiro atoms. The van der Waals surface area contributed by atoms with Crippen LogP contribution in [-0.4, -0.2) is 19.1 Å². The molecule has 0 saturated carbocycles. The highest BCUT2D eigenvalue weighted by Gasteiger charge is 2.11. The Kier molecular flexibility index (Phi) is 4.61. The van der Waals surface area contributed by atoms with Crippen molar-refractivity contribution in [2.45, 2.75) is 32.2 Å². The van der Waals surface area contributed by atoms with Crippen LogP contribution in [0.5, 0.6) is 0 Å². The molecule has 13 heavy (non-hydrogen) atoms. The zero-order valence-electron chi connectivity index (χ0n) is 8.47. The van der Waals surface area contributed by atoms with Crippen LogP contribution in [0.15, 0.2) is 24.4 Å². The van der Waals surface area contributed by atoms with Gasteiger partial charge in [0.15, 0.2) is 0 Å². The van der Waals surface area contributed by atoms with Crippen molar-refractivity contribution in [3.63, 3.8) is 0 Å². The zero-order chi connectivity index (χ0) is 9.52. The Balaban J connectivity index is 2.22. The van der Waals surface area contributed by atoms with E-state index >= 15 is 0 Å². The fourth-order valence-corrected chi connectivity index (χ4v) is 1.54. The number of piperidine rings is 1. The van der Waals surface area contributed by atoms with Crippen LogP contribution >= 0.6 is 0 Å². The maximum absolute atomic E-state index is 3.97. The lowest BCUT2D eigenvalue weighted by molar-refractivity contribution is 0.415. The molecule has 0 aromatic carbocycles. The van der Waals surface area contributed by atoms with Gasteiger partial charge in [-0.2, -0.15) is 0 Å². The van der Waals surface area contributed by atoms with Crippen molar-refractivity contribution in [2.75, 3.05) is 13.1 Å². The van der Waals surface area contributed by atoms with E-state index < -0.39 is 0 Å². The van der Waals surface area contributed by atoms with Gasteiger partial charge >= 0.3 is 0 Å². The summed E-state index contributed by atoms with van der Waals surface area (Å²) >= 11 is 0.